The van der Waals surface area contributed by atoms with Gasteiger partial charge in [-0.15, -0.1) is 11.8 Å². The van der Waals surface area contributed by atoms with E-state index in [1.165, 1.54) is 23.9 Å². The van der Waals surface area contributed by atoms with Crippen molar-refractivity contribution in [3.8, 4) is 5.75 Å². The van der Waals surface area contributed by atoms with E-state index in [2.05, 4.69) is 4.98 Å². The van der Waals surface area contributed by atoms with E-state index in [9.17, 15) is 34.4 Å². The summed E-state index contributed by atoms with van der Waals surface area (Å²) in [6, 6.07) is 10.4. The summed E-state index contributed by atoms with van der Waals surface area (Å²) in [7, 11) is 0. The van der Waals surface area contributed by atoms with Gasteiger partial charge >= 0.3 is 10.8 Å². The summed E-state index contributed by atoms with van der Waals surface area (Å²) in [6.07, 6.45) is 0.750. The maximum atomic E-state index is 14.0. The molecule has 2 aromatic carbocycles. The van der Waals surface area contributed by atoms with Gasteiger partial charge < -0.3 is 14.8 Å². The molecule has 0 spiro atoms. The molecule has 8 atom stereocenters. The highest BCUT2D eigenvalue weighted by Gasteiger charge is 2.70. The number of aromatic amines is 1. The van der Waals surface area contributed by atoms with Crippen molar-refractivity contribution in [2.24, 2.45) is 35.5 Å². The average molecular weight is 684 g/mol. The number of thioether (sulfide) groups is 1. The number of ether oxygens (including phenoxy) is 1. The number of hydrogen-bond acceptors (Lipinski definition) is 9. The number of nitro groups is 1. The number of hydrogen-bond donors (Lipinski definition) is 2. The van der Waals surface area contributed by atoms with Crippen LogP contribution in [0.3, 0.4) is 0 Å². The Hall–Kier alpha value is -3.68. The SMILES string of the molecule is CC(C)CC(C(=O)O)N1C(=O)C2C3CC(C2C1=O)C1C3Sc2[nH]c(=O)sc2[C@@H]1c1cc([N+](=O)[O-])ccc1OCc1cccc(Cl)c1. The molecule has 7 unspecified atom stereocenters. The van der Waals surface area contributed by atoms with Crippen LogP contribution in [0, 0.1) is 45.6 Å². The number of carboxylic acids is 1. The number of aromatic nitrogens is 1. The quantitative estimate of drug-likeness (QED) is 0.167. The second-order valence-electron chi connectivity index (χ2n) is 12.9. The molecule has 7 rings (SSSR count). The van der Waals surface area contributed by atoms with E-state index >= 15 is 0 Å². The molecule has 46 heavy (non-hydrogen) atoms. The molecule has 0 radical (unpaired) electrons. The van der Waals surface area contributed by atoms with E-state index < -0.39 is 46.5 Å². The van der Waals surface area contributed by atoms with Crippen molar-refractivity contribution < 1.29 is 29.2 Å². The third-order valence-electron chi connectivity index (χ3n) is 9.87. The Labute approximate surface area is 276 Å². The van der Waals surface area contributed by atoms with Gasteiger partial charge in [-0.25, -0.2) is 4.79 Å². The summed E-state index contributed by atoms with van der Waals surface area (Å²) < 4.78 is 6.29. The van der Waals surface area contributed by atoms with E-state index in [0.717, 1.165) is 21.8 Å². The summed E-state index contributed by atoms with van der Waals surface area (Å²) in [5.74, 6) is -4.37. The van der Waals surface area contributed by atoms with Crippen LogP contribution in [0.1, 0.15) is 48.6 Å². The monoisotopic (exact) mass is 683 g/mol. The van der Waals surface area contributed by atoms with Gasteiger partial charge in [-0.1, -0.05) is 48.9 Å². The minimum atomic E-state index is -1.24. The number of non-ortho nitro benzene ring substituents is 1. The molecule has 14 heteroatoms. The van der Waals surface area contributed by atoms with Crippen LogP contribution in [-0.2, 0) is 21.0 Å². The number of imide groups is 1. The maximum Gasteiger partial charge on any atom is 0.326 e. The zero-order valence-electron chi connectivity index (χ0n) is 24.8. The molecule has 240 valence electrons. The fourth-order valence-electron chi connectivity index (χ4n) is 8.27. The topological polar surface area (TPSA) is 160 Å². The van der Waals surface area contributed by atoms with E-state index in [1.54, 1.807) is 24.3 Å². The van der Waals surface area contributed by atoms with Crippen molar-refractivity contribution in [3.63, 3.8) is 0 Å². The highest BCUT2D eigenvalue weighted by atomic mass is 35.5. The molecule has 3 heterocycles. The molecule has 4 aliphatic rings. The first-order valence-electron chi connectivity index (χ1n) is 15.1. The first-order chi connectivity index (χ1) is 21.9. The first kappa shape index (κ1) is 30.9. The lowest BCUT2D eigenvalue weighted by Gasteiger charge is -2.43. The number of amides is 2. The van der Waals surface area contributed by atoms with Crippen molar-refractivity contribution in [2.45, 2.75) is 55.5 Å². The van der Waals surface area contributed by atoms with Crippen molar-refractivity contribution in [2.75, 3.05) is 0 Å². The number of carbonyl (C=O) groups excluding carboxylic acids is 2. The minimum absolute atomic E-state index is 0.0478. The number of carboxylic acid groups (broad SMARTS) is 1. The highest BCUT2D eigenvalue weighted by Crippen LogP contribution is 2.69. The lowest BCUT2D eigenvalue weighted by Crippen LogP contribution is -2.47. The fraction of sp³-hybridized carbons (Fsp3) is 0.438. The van der Waals surface area contributed by atoms with Crippen molar-refractivity contribution >= 4 is 58.2 Å². The summed E-state index contributed by atoms with van der Waals surface area (Å²) in [4.78, 5) is 68.8. The smallest absolute Gasteiger partial charge is 0.326 e. The minimum Gasteiger partial charge on any atom is -0.489 e. The second kappa shape index (κ2) is 11.5. The number of rotatable bonds is 9. The number of halogens is 1. The molecule has 1 aromatic heterocycles. The molecule has 2 aliphatic carbocycles. The van der Waals surface area contributed by atoms with Gasteiger partial charge in [-0.2, -0.15) is 0 Å². The number of likely N-dealkylation sites (tertiary alicyclic amines) is 1. The van der Waals surface area contributed by atoms with E-state index in [-0.39, 0.29) is 52.5 Å². The number of nitrogens with zero attached hydrogens (tertiary/aromatic N) is 2. The van der Waals surface area contributed by atoms with Crippen LogP contribution in [0.25, 0.3) is 0 Å². The Kier molecular flexibility index (Phi) is 7.76. The largest absolute Gasteiger partial charge is 0.489 e. The third-order valence-corrected chi connectivity index (χ3v) is 12.7. The van der Waals surface area contributed by atoms with Crippen molar-refractivity contribution in [3.05, 3.63) is 83.3 Å². The Balaban J connectivity index is 1.31. The molecule has 3 fully saturated rings. The number of nitrogens with one attached hydrogen (secondary N) is 1. The molecule has 2 amide bonds. The van der Waals surface area contributed by atoms with Crippen LogP contribution in [0.15, 0.2) is 52.3 Å². The molecule has 1 saturated heterocycles. The van der Waals surface area contributed by atoms with Crippen LogP contribution >= 0.6 is 34.7 Å². The maximum absolute atomic E-state index is 14.0. The fourth-order valence-corrected chi connectivity index (χ4v) is 11.4. The van der Waals surface area contributed by atoms with Gasteiger partial charge in [0.2, 0.25) is 11.8 Å². The Morgan fingerprint density at radius 2 is 1.89 bits per heavy atom. The van der Waals surface area contributed by atoms with Crippen LogP contribution in [0.4, 0.5) is 5.69 Å². The summed E-state index contributed by atoms with van der Waals surface area (Å²) in [5.41, 5.74) is 1.19. The predicted octanol–water partition coefficient (Wildman–Crippen LogP) is 5.55. The van der Waals surface area contributed by atoms with E-state index in [0.29, 0.717) is 32.7 Å². The first-order valence-corrected chi connectivity index (χ1v) is 17.2. The Morgan fingerprint density at radius 1 is 1.15 bits per heavy atom. The number of fused-ring (bicyclic) bond motifs is 9. The van der Waals surface area contributed by atoms with Crippen molar-refractivity contribution in [1.82, 2.24) is 9.88 Å². The second-order valence-corrected chi connectivity index (χ2v) is 15.5. The van der Waals surface area contributed by atoms with Gasteiger partial charge in [-0.05, 0) is 60.3 Å². The van der Waals surface area contributed by atoms with Crippen molar-refractivity contribution in [1.29, 1.82) is 0 Å². The van der Waals surface area contributed by atoms with E-state index in [1.807, 2.05) is 19.9 Å². The van der Waals surface area contributed by atoms with Gasteiger partial charge in [0.15, 0.2) is 0 Å². The Bertz CT molecular complexity index is 1840. The normalized spacial score (nSPS) is 28.3. The number of carbonyl (C=O) groups is 3. The zero-order chi connectivity index (χ0) is 32.6. The van der Waals surface area contributed by atoms with Crippen LogP contribution in [-0.4, -0.2) is 49.0 Å². The highest BCUT2D eigenvalue weighted by molar-refractivity contribution is 8.00. The summed E-state index contributed by atoms with van der Waals surface area (Å²) in [6.45, 7) is 3.85. The summed E-state index contributed by atoms with van der Waals surface area (Å²) in [5, 5.41) is 23.0. The standard InChI is InChI=1S/C32H30ClN3O8S2/c1-13(2)8-20(31(39)40)35-29(37)24-18-11-19(25(24)30(35)38)26-23(18)22(27-28(45-26)34-32(41)46-27)17-10-16(36(42)43)6-7-21(17)44-12-14-4-3-5-15(33)9-14/h3-7,9-10,13,18-20,22-26H,8,11-12H2,1-2H3,(H,34,41)(H,39,40)/t18?,19?,20?,22-,23?,24?,25?,26?/m1/s1. The molecular weight excluding hydrogens is 654 g/mol. The molecule has 11 nitrogen and oxygen atoms in total. The van der Waals surface area contributed by atoms with Crippen LogP contribution in [0.2, 0.25) is 5.02 Å². The molecular formula is C32H30ClN3O8S2. The number of aliphatic carboxylic acids is 1. The van der Waals surface area contributed by atoms with Gasteiger partial charge in [-0.3, -0.25) is 29.4 Å². The average Bonchev–Trinajstić information content (AvgIpc) is 3.73. The van der Waals surface area contributed by atoms with Gasteiger partial charge in [0.05, 0.1) is 21.8 Å². The molecule has 2 N–H and O–H groups in total. The van der Waals surface area contributed by atoms with Crippen LogP contribution in [0.5, 0.6) is 5.75 Å². The van der Waals surface area contributed by atoms with Gasteiger partial charge in [0.25, 0.3) is 5.69 Å². The number of thiazole rings is 1. The lowest BCUT2D eigenvalue weighted by molar-refractivity contribution is -0.385. The lowest BCUT2D eigenvalue weighted by atomic mass is 9.68. The molecule has 2 saturated carbocycles. The number of benzene rings is 2. The Morgan fingerprint density at radius 3 is 2.57 bits per heavy atom. The van der Waals surface area contributed by atoms with Gasteiger partial charge in [0, 0.05) is 38.8 Å². The van der Waals surface area contributed by atoms with Crippen LogP contribution < -0.4 is 9.61 Å². The van der Waals surface area contributed by atoms with E-state index in [4.69, 9.17) is 16.3 Å². The third kappa shape index (κ3) is 4.94. The summed E-state index contributed by atoms with van der Waals surface area (Å²) >= 11 is 8.70. The molecule has 2 aliphatic heterocycles. The number of nitro benzene ring substituents is 1. The zero-order valence-corrected chi connectivity index (χ0v) is 27.1. The number of H-pyrrole nitrogens is 1. The predicted molar refractivity (Wildman–Crippen MR) is 170 cm³/mol. The van der Waals surface area contributed by atoms with Gasteiger partial charge in [0.1, 0.15) is 18.4 Å². The molecule has 2 bridgehead atoms. The molecule has 3 aromatic rings.